The fraction of sp³-hybridized carbons (Fsp3) is 0.600. The molecule has 0 radical (unpaired) electrons. The van der Waals surface area contributed by atoms with Crippen molar-refractivity contribution in [2.45, 2.75) is 25.8 Å². The number of ether oxygens (including phenoxy) is 2. The van der Waals surface area contributed by atoms with Crippen LogP contribution in [0.4, 0.5) is 4.39 Å². The quantitative estimate of drug-likeness (QED) is 0.882. The van der Waals surface area contributed by atoms with Crippen LogP contribution in [0.2, 0.25) is 0 Å². The maximum atomic E-state index is 13.7. The molecule has 3 nitrogen and oxygen atoms in total. The van der Waals surface area contributed by atoms with Crippen molar-refractivity contribution >= 4 is 15.9 Å². The molecule has 0 saturated carbocycles. The van der Waals surface area contributed by atoms with Gasteiger partial charge < -0.3 is 14.8 Å². The highest BCUT2D eigenvalue weighted by atomic mass is 79.9. The number of nitrogens with one attached hydrogen (secondary N) is 1. The molecular weight excluding hydrogens is 325 g/mol. The third-order valence-corrected chi connectivity index (χ3v) is 4.31. The van der Waals surface area contributed by atoms with Crippen molar-refractivity contribution in [1.82, 2.24) is 5.32 Å². The molecule has 20 heavy (non-hydrogen) atoms. The van der Waals surface area contributed by atoms with Gasteiger partial charge in [0.1, 0.15) is 11.6 Å². The molecule has 5 heteroatoms. The summed E-state index contributed by atoms with van der Waals surface area (Å²) in [6.07, 6.45) is 2.17. The van der Waals surface area contributed by atoms with E-state index in [0.29, 0.717) is 16.1 Å². The van der Waals surface area contributed by atoms with Crippen LogP contribution >= 0.6 is 15.9 Å². The molecular formula is C15H21BrFNO2. The second kappa shape index (κ2) is 7.38. The third kappa shape index (κ3) is 3.51. The monoisotopic (exact) mass is 345 g/mol. The zero-order chi connectivity index (χ0) is 14.5. The van der Waals surface area contributed by atoms with Gasteiger partial charge in [0.15, 0.2) is 0 Å². The van der Waals surface area contributed by atoms with Gasteiger partial charge in [0.25, 0.3) is 0 Å². The van der Waals surface area contributed by atoms with E-state index in [0.717, 1.165) is 38.2 Å². The van der Waals surface area contributed by atoms with E-state index in [4.69, 9.17) is 9.47 Å². The molecule has 0 bridgehead atoms. The summed E-state index contributed by atoms with van der Waals surface area (Å²) < 4.78 is 25.1. The Kier molecular flexibility index (Phi) is 5.81. The molecule has 1 saturated heterocycles. The van der Waals surface area contributed by atoms with Crippen molar-refractivity contribution in [2.24, 2.45) is 5.92 Å². The minimum atomic E-state index is -0.305. The standard InChI is InChI=1S/C15H21BrFNO2/c1-3-18-15(10-5-4-6-20-9-10)11-7-12(16)13(17)8-14(11)19-2/h7-8,10,15,18H,3-6,9H2,1-2H3. The summed E-state index contributed by atoms with van der Waals surface area (Å²) in [5, 5.41) is 3.49. The van der Waals surface area contributed by atoms with Crippen molar-refractivity contribution in [1.29, 1.82) is 0 Å². The smallest absolute Gasteiger partial charge is 0.141 e. The first-order chi connectivity index (χ1) is 9.67. The minimum absolute atomic E-state index is 0.118. The van der Waals surface area contributed by atoms with Gasteiger partial charge in [-0.3, -0.25) is 0 Å². The van der Waals surface area contributed by atoms with E-state index in [1.54, 1.807) is 7.11 Å². The molecule has 2 atom stereocenters. The summed E-state index contributed by atoms with van der Waals surface area (Å²) in [6.45, 7) is 4.48. The molecule has 0 amide bonds. The van der Waals surface area contributed by atoms with Crippen LogP contribution in [0.1, 0.15) is 31.4 Å². The Morgan fingerprint density at radius 1 is 1.55 bits per heavy atom. The highest BCUT2D eigenvalue weighted by Gasteiger charge is 2.28. The second-order valence-electron chi connectivity index (χ2n) is 5.02. The average molecular weight is 346 g/mol. The first-order valence-electron chi connectivity index (χ1n) is 7.01. The predicted molar refractivity (Wildman–Crippen MR) is 80.6 cm³/mol. The molecule has 2 unspecified atom stereocenters. The maximum absolute atomic E-state index is 13.7. The van der Waals surface area contributed by atoms with Crippen molar-refractivity contribution in [3.63, 3.8) is 0 Å². The molecule has 1 aromatic carbocycles. The van der Waals surface area contributed by atoms with Crippen LogP contribution in [-0.4, -0.2) is 26.9 Å². The number of benzene rings is 1. The zero-order valence-corrected chi connectivity index (χ0v) is 13.5. The van der Waals surface area contributed by atoms with Gasteiger partial charge in [0, 0.05) is 30.2 Å². The van der Waals surface area contributed by atoms with Crippen molar-refractivity contribution in [3.05, 3.63) is 28.0 Å². The van der Waals surface area contributed by atoms with Crippen LogP contribution in [0.3, 0.4) is 0 Å². The number of halogens is 2. The van der Waals surface area contributed by atoms with Crippen LogP contribution in [-0.2, 0) is 4.74 Å². The largest absolute Gasteiger partial charge is 0.496 e. The summed E-state index contributed by atoms with van der Waals surface area (Å²) >= 11 is 3.26. The van der Waals surface area contributed by atoms with Gasteiger partial charge in [-0.25, -0.2) is 4.39 Å². The Bertz CT molecular complexity index is 450. The number of hydrogen-bond acceptors (Lipinski definition) is 3. The minimum Gasteiger partial charge on any atom is -0.496 e. The Morgan fingerprint density at radius 3 is 2.95 bits per heavy atom. The van der Waals surface area contributed by atoms with Gasteiger partial charge >= 0.3 is 0 Å². The Hall–Kier alpha value is -0.650. The van der Waals surface area contributed by atoms with Crippen LogP contribution in [0.25, 0.3) is 0 Å². The van der Waals surface area contributed by atoms with E-state index in [2.05, 4.69) is 28.2 Å². The van der Waals surface area contributed by atoms with Gasteiger partial charge in [-0.15, -0.1) is 0 Å². The van der Waals surface area contributed by atoms with Crippen molar-refractivity contribution < 1.29 is 13.9 Å². The van der Waals surface area contributed by atoms with Crippen molar-refractivity contribution in [2.75, 3.05) is 26.9 Å². The molecule has 1 aromatic rings. The fourth-order valence-corrected chi connectivity index (χ4v) is 3.10. The van der Waals surface area contributed by atoms with Gasteiger partial charge in [-0.05, 0) is 41.4 Å². The van der Waals surface area contributed by atoms with Gasteiger partial charge in [0.2, 0.25) is 0 Å². The van der Waals surface area contributed by atoms with Gasteiger partial charge in [0.05, 0.1) is 18.2 Å². The molecule has 0 aliphatic carbocycles. The lowest BCUT2D eigenvalue weighted by Gasteiger charge is -2.32. The van der Waals surface area contributed by atoms with E-state index < -0.39 is 0 Å². The zero-order valence-electron chi connectivity index (χ0n) is 11.9. The summed E-state index contributed by atoms with van der Waals surface area (Å²) in [5.74, 6) is 0.665. The lowest BCUT2D eigenvalue weighted by molar-refractivity contribution is 0.0389. The average Bonchev–Trinajstić information content (AvgIpc) is 2.48. The Labute approximate surface area is 128 Å². The molecule has 1 fully saturated rings. The third-order valence-electron chi connectivity index (χ3n) is 3.70. The van der Waals surface area contributed by atoms with E-state index in [-0.39, 0.29) is 11.9 Å². The first-order valence-corrected chi connectivity index (χ1v) is 7.80. The molecule has 1 aliphatic heterocycles. The summed E-state index contributed by atoms with van der Waals surface area (Å²) in [6, 6.07) is 3.37. The van der Waals surface area contributed by atoms with Crippen molar-refractivity contribution in [3.8, 4) is 5.75 Å². The molecule has 1 N–H and O–H groups in total. The van der Waals surface area contributed by atoms with E-state index >= 15 is 0 Å². The summed E-state index contributed by atoms with van der Waals surface area (Å²) in [7, 11) is 1.58. The van der Waals surface area contributed by atoms with E-state index in [1.807, 2.05) is 6.07 Å². The van der Waals surface area contributed by atoms with Crippen LogP contribution in [0.15, 0.2) is 16.6 Å². The Balaban J connectivity index is 2.34. The lowest BCUT2D eigenvalue weighted by Crippen LogP contribution is -2.33. The second-order valence-corrected chi connectivity index (χ2v) is 5.88. The Morgan fingerprint density at radius 2 is 2.35 bits per heavy atom. The maximum Gasteiger partial charge on any atom is 0.141 e. The number of methoxy groups -OCH3 is 1. The normalized spacial score (nSPS) is 20.7. The van der Waals surface area contributed by atoms with Gasteiger partial charge in [-0.1, -0.05) is 6.92 Å². The number of hydrogen-bond donors (Lipinski definition) is 1. The molecule has 112 valence electrons. The van der Waals surface area contributed by atoms with E-state index in [1.165, 1.54) is 6.07 Å². The van der Waals surface area contributed by atoms with Crippen LogP contribution < -0.4 is 10.1 Å². The molecule has 1 aliphatic rings. The topological polar surface area (TPSA) is 30.5 Å². The van der Waals surface area contributed by atoms with E-state index in [9.17, 15) is 4.39 Å². The number of rotatable bonds is 5. The summed E-state index contributed by atoms with van der Waals surface area (Å²) in [5.41, 5.74) is 0.984. The SMILES string of the molecule is CCNC(c1cc(Br)c(F)cc1OC)C1CCCOC1. The molecule has 0 aromatic heterocycles. The highest BCUT2D eigenvalue weighted by molar-refractivity contribution is 9.10. The summed E-state index contributed by atoms with van der Waals surface area (Å²) in [4.78, 5) is 0. The molecule has 1 heterocycles. The van der Waals surface area contributed by atoms with Crippen LogP contribution in [0, 0.1) is 11.7 Å². The molecule has 2 rings (SSSR count). The lowest BCUT2D eigenvalue weighted by atomic mass is 9.88. The predicted octanol–water partition coefficient (Wildman–Crippen LogP) is 3.67. The molecule has 0 spiro atoms. The first kappa shape index (κ1) is 15.7. The van der Waals surface area contributed by atoms with Crippen LogP contribution in [0.5, 0.6) is 5.75 Å². The van der Waals surface area contributed by atoms with Gasteiger partial charge in [-0.2, -0.15) is 0 Å². The highest BCUT2D eigenvalue weighted by Crippen LogP contribution is 2.36. The fourth-order valence-electron chi connectivity index (χ4n) is 2.74.